The minimum atomic E-state index is -4.69. The Morgan fingerprint density at radius 2 is 1.81 bits per heavy atom. The monoisotopic (exact) mass is 432 g/mol. The maximum Gasteiger partial charge on any atom is 0.522 e. The van der Waals surface area contributed by atoms with Gasteiger partial charge in [-0.2, -0.15) is 0 Å². The molecule has 0 heterocycles. The highest BCUT2D eigenvalue weighted by Crippen LogP contribution is 2.35. The standard InChI is InChI=1S/C12H9Br2F3O4/c13-8-5-7(1-2-10(18)19)6-9(14)11(8)20-3-4-21-12(15,16)17/h1-2,5-6H,3-4H2,(H,18,19)/b2-1+. The van der Waals surface area contributed by atoms with Crippen molar-refractivity contribution >= 4 is 43.9 Å². The van der Waals surface area contributed by atoms with Gasteiger partial charge in [0.25, 0.3) is 0 Å². The summed E-state index contributed by atoms with van der Waals surface area (Å²) in [6, 6.07) is 3.15. The van der Waals surface area contributed by atoms with Gasteiger partial charge in [-0.1, -0.05) is 0 Å². The molecule has 0 saturated carbocycles. The number of hydrogen-bond acceptors (Lipinski definition) is 3. The van der Waals surface area contributed by atoms with Gasteiger partial charge in [-0.25, -0.2) is 4.79 Å². The Labute approximate surface area is 134 Å². The molecule has 1 aromatic rings. The van der Waals surface area contributed by atoms with Gasteiger partial charge in [0.2, 0.25) is 0 Å². The molecule has 21 heavy (non-hydrogen) atoms. The molecule has 9 heteroatoms. The highest BCUT2D eigenvalue weighted by Gasteiger charge is 2.28. The predicted molar refractivity (Wildman–Crippen MR) is 76.0 cm³/mol. The van der Waals surface area contributed by atoms with Crippen LogP contribution < -0.4 is 4.74 Å². The maximum absolute atomic E-state index is 11.8. The lowest BCUT2D eigenvalue weighted by molar-refractivity contribution is -0.325. The molecule has 4 nitrogen and oxygen atoms in total. The Balaban J connectivity index is 2.70. The average molecular weight is 434 g/mol. The third-order valence-corrected chi connectivity index (χ3v) is 3.21. The van der Waals surface area contributed by atoms with Gasteiger partial charge in [0.1, 0.15) is 12.4 Å². The van der Waals surface area contributed by atoms with Crippen LogP contribution in [0.3, 0.4) is 0 Å². The third-order valence-electron chi connectivity index (χ3n) is 2.03. The number of hydrogen-bond donors (Lipinski definition) is 1. The van der Waals surface area contributed by atoms with Gasteiger partial charge in [0, 0.05) is 6.08 Å². The van der Waals surface area contributed by atoms with Crippen LogP contribution in [0.15, 0.2) is 27.2 Å². The fourth-order valence-corrected chi connectivity index (χ4v) is 2.73. The van der Waals surface area contributed by atoms with Crippen LogP contribution in [0.2, 0.25) is 0 Å². The highest BCUT2D eigenvalue weighted by molar-refractivity contribution is 9.11. The normalized spacial score (nSPS) is 11.9. The van der Waals surface area contributed by atoms with Crippen LogP contribution in [0.5, 0.6) is 5.75 Å². The fraction of sp³-hybridized carbons (Fsp3) is 0.250. The van der Waals surface area contributed by atoms with E-state index in [9.17, 15) is 18.0 Å². The first kappa shape index (κ1) is 18.0. The van der Waals surface area contributed by atoms with Gasteiger partial charge in [-0.05, 0) is 55.6 Å². The first-order valence-electron chi connectivity index (χ1n) is 5.42. The zero-order chi connectivity index (χ0) is 16.0. The van der Waals surface area contributed by atoms with Gasteiger partial charge < -0.3 is 9.84 Å². The van der Waals surface area contributed by atoms with Crippen LogP contribution >= 0.6 is 31.9 Å². The molecule has 0 fully saturated rings. The largest absolute Gasteiger partial charge is 0.522 e. The SMILES string of the molecule is O=C(O)/C=C/c1cc(Br)c(OCCOC(F)(F)F)c(Br)c1. The topological polar surface area (TPSA) is 55.8 Å². The number of rotatable bonds is 6. The molecule has 1 aromatic carbocycles. The maximum atomic E-state index is 11.8. The summed E-state index contributed by atoms with van der Waals surface area (Å²) in [5, 5.41) is 8.54. The van der Waals surface area contributed by atoms with Crippen molar-refractivity contribution in [3.63, 3.8) is 0 Å². The Morgan fingerprint density at radius 3 is 2.29 bits per heavy atom. The minimum absolute atomic E-state index is 0.291. The van der Waals surface area contributed by atoms with Crippen molar-refractivity contribution in [1.29, 1.82) is 0 Å². The van der Waals surface area contributed by atoms with E-state index < -0.39 is 18.9 Å². The Bertz CT molecular complexity index is 521. The number of aliphatic carboxylic acids is 1. The highest BCUT2D eigenvalue weighted by atomic mass is 79.9. The first-order valence-corrected chi connectivity index (χ1v) is 7.01. The zero-order valence-corrected chi connectivity index (χ0v) is 13.5. The van der Waals surface area contributed by atoms with E-state index in [1.54, 1.807) is 12.1 Å². The summed E-state index contributed by atoms with van der Waals surface area (Å²) in [5.74, 6) is -0.792. The van der Waals surface area contributed by atoms with Crippen LogP contribution in [0.1, 0.15) is 5.56 Å². The molecule has 0 unspecified atom stereocenters. The second-order valence-electron chi connectivity index (χ2n) is 3.63. The number of carboxylic acids is 1. The molecule has 0 aliphatic heterocycles. The van der Waals surface area contributed by atoms with E-state index in [0.717, 1.165) is 6.08 Å². The molecule has 0 bridgehead atoms. The second-order valence-corrected chi connectivity index (χ2v) is 5.34. The van der Waals surface area contributed by atoms with Crippen molar-refractivity contribution in [3.05, 3.63) is 32.7 Å². The molecule has 0 radical (unpaired) electrons. The minimum Gasteiger partial charge on any atom is -0.489 e. The summed E-state index contributed by atoms with van der Waals surface area (Å²) in [6.07, 6.45) is -2.36. The predicted octanol–water partition coefficient (Wildman–Crippen LogP) is 4.22. The van der Waals surface area contributed by atoms with Crippen molar-refractivity contribution in [2.24, 2.45) is 0 Å². The van der Waals surface area contributed by atoms with Crippen LogP contribution in [0.4, 0.5) is 13.2 Å². The van der Waals surface area contributed by atoms with Crippen LogP contribution in [-0.2, 0) is 9.53 Å². The van der Waals surface area contributed by atoms with Crippen molar-refractivity contribution < 1.29 is 32.5 Å². The van der Waals surface area contributed by atoms with E-state index in [4.69, 9.17) is 9.84 Å². The number of halogens is 5. The molecular weight excluding hydrogens is 425 g/mol. The van der Waals surface area contributed by atoms with Gasteiger partial charge >= 0.3 is 12.3 Å². The van der Waals surface area contributed by atoms with E-state index >= 15 is 0 Å². The number of ether oxygens (including phenoxy) is 2. The van der Waals surface area contributed by atoms with E-state index in [1.807, 2.05) is 0 Å². The van der Waals surface area contributed by atoms with Crippen LogP contribution in [0, 0.1) is 0 Å². The Morgan fingerprint density at radius 1 is 1.24 bits per heavy atom. The lowest BCUT2D eigenvalue weighted by Crippen LogP contribution is -2.18. The summed E-state index contributed by atoms with van der Waals surface area (Å²) in [6.45, 7) is -0.927. The summed E-state index contributed by atoms with van der Waals surface area (Å²) in [7, 11) is 0. The molecule has 0 amide bonds. The molecule has 0 aliphatic rings. The molecule has 0 aliphatic carbocycles. The Hall–Kier alpha value is -1.06. The smallest absolute Gasteiger partial charge is 0.489 e. The quantitative estimate of drug-likeness (QED) is 0.539. The molecule has 1 rings (SSSR count). The molecule has 1 N–H and O–H groups in total. The second kappa shape index (κ2) is 7.81. The van der Waals surface area contributed by atoms with Crippen molar-refractivity contribution in [2.75, 3.05) is 13.2 Å². The molecular formula is C12H9Br2F3O4. The van der Waals surface area contributed by atoms with Crippen molar-refractivity contribution in [2.45, 2.75) is 6.36 Å². The lowest BCUT2D eigenvalue weighted by Gasteiger charge is -2.12. The van der Waals surface area contributed by atoms with Gasteiger partial charge in [0.15, 0.2) is 0 Å². The number of alkyl halides is 3. The summed E-state index contributed by atoms with van der Waals surface area (Å²) < 4.78 is 45.1. The molecule has 0 saturated heterocycles. The first-order chi connectivity index (χ1) is 9.69. The van der Waals surface area contributed by atoms with Gasteiger partial charge in [0.05, 0.1) is 15.6 Å². The van der Waals surface area contributed by atoms with E-state index in [0.29, 0.717) is 20.3 Å². The summed E-state index contributed by atoms with van der Waals surface area (Å²) in [4.78, 5) is 10.4. The van der Waals surface area contributed by atoms with Crippen molar-refractivity contribution in [1.82, 2.24) is 0 Å². The van der Waals surface area contributed by atoms with Gasteiger partial charge in [-0.3, -0.25) is 4.74 Å². The molecule has 0 atom stereocenters. The lowest BCUT2D eigenvalue weighted by atomic mass is 10.2. The summed E-state index contributed by atoms with van der Waals surface area (Å²) >= 11 is 6.39. The average Bonchev–Trinajstić information content (AvgIpc) is 2.33. The molecule has 0 spiro atoms. The van der Waals surface area contributed by atoms with Crippen molar-refractivity contribution in [3.8, 4) is 5.75 Å². The number of benzene rings is 1. The van der Waals surface area contributed by atoms with E-state index in [-0.39, 0.29) is 6.61 Å². The van der Waals surface area contributed by atoms with E-state index in [2.05, 4.69) is 36.6 Å². The number of carboxylic acid groups (broad SMARTS) is 1. The summed E-state index contributed by atoms with van der Waals surface area (Å²) in [5.41, 5.74) is 0.579. The zero-order valence-electron chi connectivity index (χ0n) is 10.3. The van der Waals surface area contributed by atoms with E-state index in [1.165, 1.54) is 6.08 Å². The Kier molecular flexibility index (Phi) is 6.69. The third kappa shape index (κ3) is 6.96. The van der Waals surface area contributed by atoms with Crippen LogP contribution in [-0.4, -0.2) is 30.7 Å². The molecule has 116 valence electrons. The van der Waals surface area contributed by atoms with Crippen LogP contribution in [0.25, 0.3) is 6.08 Å². The fourth-order valence-electron chi connectivity index (χ4n) is 1.28. The van der Waals surface area contributed by atoms with Gasteiger partial charge in [-0.15, -0.1) is 13.2 Å². The number of carbonyl (C=O) groups is 1. The molecule has 0 aromatic heterocycles.